The molecule has 1 saturated carbocycles. The van der Waals surface area contributed by atoms with E-state index in [4.69, 9.17) is 0 Å². The molecule has 0 saturated heterocycles. The zero-order valence-electron chi connectivity index (χ0n) is 16.6. The van der Waals surface area contributed by atoms with Crippen molar-refractivity contribution in [3.8, 4) is 0 Å². The van der Waals surface area contributed by atoms with Gasteiger partial charge in [0.2, 0.25) is 5.91 Å². The lowest BCUT2D eigenvalue weighted by Crippen LogP contribution is -2.47. The van der Waals surface area contributed by atoms with Gasteiger partial charge in [-0.25, -0.2) is 9.48 Å². The monoisotopic (exact) mass is 396 g/mol. The zero-order valence-corrected chi connectivity index (χ0v) is 16.6. The second kappa shape index (κ2) is 9.07. The molecule has 1 aromatic heterocycles. The molecule has 8 heteroatoms. The number of nitrogens with one attached hydrogen (secondary N) is 2. The molecule has 8 nitrogen and oxygen atoms in total. The largest absolute Gasteiger partial charge is 0.352 e. The number of hydrogen-bond acceptors (Lipinski definition) is 4. The first kappa shape index (κ1) is 19.4. The number of carbonyl (C=O) groups excluding carboxylic acids is 2. The van der Waals surface area contributed by atoms with Crippen LogP contribution in [0.5, 0.6) is 0 Å². The van der Waals surface area contributed by atoms with Crippen LogP contribution in [-0.2, 0) is 30.8 Å². The minimum absolute atomic E-state index is 0.00379. The highest BCUT2D eigenvalue weighted by Crippen LogP contribution is 2.20. The number of nitrogens with zero attached hydrogens (tertiary/aromatic N) is 4. The zero-order chi connectivity index (χ0) is 20.1. The molecular weight excluding hydrogens is 368 g/mol. The summed E-state index contributed by atoms with van der Waals surface area (Å²) in [5.41, 5.74) is 2.82. The normalized spacial score (nSPS) is 16.5. The van der Waals surface area contributed by atoms with E-state index in [0.717, 1.165) is 29.8 Å². The van der Waals surface area contributed by atoms with E-state index in [1.54, 1.807) is 0 Å². The third kappa shape index (κ3) is 4.93. The highest BCUT2D eigenvalue weighted by atomic mass is 16.2. The molecule has 1 aliphatic carbocycles. The molecular formula is C21H28N6O2. The van der Waals surface area contributed by atoms with E-state index in [-0.39, 0.29) is 11.9 Å². The first-order valence-electron chi connectivity index (χ1n) is 10.5. The van der Waals surface area contributed by atoms with Gasteiger partial charge in [0.05, 0.1) is 24.5 Å². The Morgan fingerprint density at radius 2 is 1.90 bits per heavy atom. The highest BCUT2D eigenvalue weighted by Gasteiger charge is 2.27. The molecule has 1 aliphatic heterocycles. The van der Waals surface area contributed by atoms with Crippen molar-refractivity contribution in [3.05, 3.63) is 47.3 Å². The van der Waals surface area contributed by atoms with Crippen LogP contribution in [0.2, 0.25) is 0 Å². The average molecular weight is 396 g/mol. The Hall–Kier alpha value is -2.90. The average Bonchev–Trinajstić information content (AvgIpc) is 3.40. The number of carbonyl (C=O) groups is 2. The second-order valence-corrected chi connectivity index (χ2v) is 7.82. The van der Waals surface area contributed by atoms with Gasteiger partial charge >= 0.3 is 6.03 Å². The van der Waals surface area contributed by atoms with Gasteiger partial charge in [0, 0.05) is 32.0 Å². The molecule has 2 heterocycles. The molecule has 0 spiro atoms. The van der Waals surface area contributed by atoms with Crippen molar-refractivity contribution in [2.75, 3.05) is 6.54 Å². The van der Waals surface area contributed by atoms with Crippen molar-refractivity contribution >= 4 is 11.9 Å². The summed E-state index contributed by atoms with van der Waals surface area (Å²) < 4.78 is 1.86. The van der Waals surface area contributed by atoms with E-state index in [9.17, 15) is 9.59 Å². The van der Waals surface area contributed by atoms with E-state index in [1.807, 2.05) is 39.9 Å². The number of rotatable bonds is 6. The summed E-state index contributed by atoms with van der Waals surface area (Å²) in [4.78, 5) is 26.6. The van der Waals surface area contributed by atoms with Gasteiger partial charge in [-0.15, -0.1) is 5.10 Å². The second-order valence-electron chi connectivity index (χ2n) is 7.82. The molecule has 29 heavy (non-hydrogen) atoms. The smallest absolute Gasteiger partial charge is 0.318 e. The SMILES string of the molecule is O=C(CCc1nnn2c1CN(C(=O)NC1CCCC1)CC2)NCc1ccccc1. The van der Waals surface area contributed by atoms with Crippen molar-refractivity contribution < 1.29 is 9.59 Å². The van der Waals surface area contributed by atoms with Crippen molar-refractivity contribution in [1.82, 2.24) is 30.5 Å². The van der Waals surface area contributed by atoms with Gasteiger partial charge in [0.25, 0.3) is 0 Å². The van der Waals surface area contributed by atoms with E-state index in [2.05, 4.69) is 20.9 Å². The summed E-state index contributed by atoms with van der Waals surface area (Å²) >= 11 is 0. The van der Waals surface area contributed by atoms with Crippen molar-refractivity contribution in [2.45, 2.75) is 64.2 Å². The molecule has 0 bridgehead atoms. The van der Waals surface area contributed by atoms with E-state index < -0.39 is 0 Å². The Kier molecular flexibility index (Phi) is 6.07. The van der Waals surface area contributed by atoms with Gasteiger partial charge < -0.3 is 15.5 Å². The summed E-state index contributed by atoms with van der Waals surface area (Å²) in [7, 11) is 0. The third-order valence-electron chi connectivity index (χ3n) is 5.73. The Morgan fingerprint density at radius 3 is 2.69 bits per heavy atom. The number of urea groups is 1. The van der Waals surface area contributed by atoms with E-state index in [1.165, 1.54) is 12.8 Å². The van der Waals surface area contributed by atoms with Crippen LogP contribution in [0.4, 0.5) is 4.79 Å². The maximum atomic E-state index is 12.6. The van der Waals surface area contributed by atoms with Gasteiger partial charge in [-0.3, -0.25) is 4.79 Å². The Bertz CT molecular complexity index is 844. The summed E-state index contributed by atoms with van der Waals surface area (Å²) in [6, 6.07) is 10.1. The van der Waals surface area contributed by atoms with Gasteiger partial charge in [-0.05, 0) is 18.4 Å². The molecule has 3 amide bonds. The molecule has 2 aromatic rings. The van der Waals surface area contributed by atoms with E-state index in [0.29, 0.717) is 45.1 Å². The topological polar surface area (TPSA) is 92.2 Å². The number of benzene rings is 1. The lowest BCUT2D eigenvalue weighted by molar-refractivity contribution is -0.121. The lowest BCUT2D eigenvalue weighted by Gasteiger charge is -2.29. The Labute approximate surface area is 170 Å². The summed E-state index contributed by atoms with van der Waals surface area (Å²) in [5.74, 6) is -0.0118. The number of aromatic nitrogens is 3. The van der Waals surface area contributed by atoms with Crippen LogP contribution in [0.1, 0.15) is 49.1 Å². The quantitative estimate of drug-likeness (QED) is 0.781. The maximum Gasteiger partial charge on any atom is 0.318 e. The fourth-order valence-corrected chi connectivity index (χ4v) is 4.02. The number of aryl methyl sites for hydroxylation is 1. The molecule has 0 unspecified atom stereocenters. The van der Waals surface area contributed by atoms with Crippen molar-refractivity contribution in [3.63, 3.8) is 0 Å². The van der Waals surface area contributed by atoms with Crippen LogP contribution < -0.4 is 10.6 Å². The molecule has 1 fully saturated rings. The van der Waals surface area contributed by atoms with Gasteiger partial charge in [-0.2, -0.15) is 0 Å². The highest BCUT2D eigenvalue weighted by molar-refractivity contribution is 5.76. The van der Waals surface area contributed by atoms with Crippen LogP contribution in [0.15, 0.2) is 30.3 Å². The van der Waals surface area contributed by atoms with Crippen LogP contribution in [0.3, 0.4) is 0 Å². The fraction of sp³-hybridized carbons (Fsp3) is 0.524. The minimum atomic E-state index is -0.0118. The number of amides is 3. The molecule has 0 radical (unpaired) electrons. The van der Waals surface area contributed by atoms with Crippen LogP contribution in [0.25, 0.3) is 0 Å². The third-order valence-corrected chi connectivity index (χ3v) is 5.73. The standard InChI is InChI=1S/C21H28N6O2/c28-20(22-14-16-6-2-1-3-7-16)11-10-18-19-15-26(12-13-27(19)25-24-18)21(29)23-17-8-4-5-9-17/h1-3,6-7,17H,4-5,8-15H2,(H,22,28)(H,23,29). The first-order valence-corrected chi connectivity index (χ1v) is 10.5. The van der Waals surface area contributed by atoms with Gasteiger partial charge in [0.1, 0.15) is 0 Å². The number of fused-ring (bicyclic) bond motifs is 1. The van der Waals surface area contributed by atoms with Gasteiger partial charge in [-0.1, -0.05) is 48.4 Å². The van der Waals surface area contributed by atoms with Crippen LogP contribution in [0, 0.1) is 0 Å². The van der Waals surface area contributed by atoms with Crippen molar-refractivity contribution in [1.29, 1.82) is 0 Å². The van der Waals surface area contributed by atoms with Crippen LogP contribution >= 0.6 is 0 Å². The molecule has 154 valence electrons. The predicted octanol–water partition coefficient (Wildman–Crippen LogP) is 1.99. The molecule has 2 aliphatic rings. The Balaban J connectivity index is 1.28. The van der Waals surface area contributed by atoms with Crippen molar-refractivity contribution in [2.24, 2.45) is 0 Å². The first-order chi connectivity index (χ1) is 14.2. The Morgan fingerprint density at radius 1 is 1.10 bits per heavy atom. The summed E-state index contributed by atoms with van der Waals surface area (Å²) in [5, 5.41) is 14.5. The lowest BCUT2D eigenvalue weighted by atomic mass is 10.1. The minimum Gasteiger partial charge on any atom is -0.352 e. The van der Waals surface area contributed by atoms with E-state index >= 15 is 0 Å². The fourth-order valence-electron chi connectivity index (χ4n) is 4.02. The molecule has 1 aromatic carbocycles. The van der Waals surface area contributed by atoms with Gasteiger partial charge in [0.15, 0.2) is 0 Å². The number of hydrogen-bond donors (Lipinski definition) is 2. The maximum absolute atomic E-state index is 12.6. The molecule has 4 rings (SSSR count). The predicted molar refractivity (Wildman–Crippen MR) is 108 cm³/mol. The van der Waals surface area contributed by atoms with Crippen LogP contribution in [-0.4, -0.2) is 44.4 Å². The summed E-state index contributed by atoms with van der Waals surface area (Å²) in [6.07, 6.45) is 5.40. The molecule has 0 atom stereocenters. The molecule has 2 N–H and O–H groups in total. The summed E-state index contributed by atoms with van der Waals surface area (Å²) in [6.45, 7) is 2.29.